The Balaban J connectivity index is 4.39. The Kier molecular flexibility index (Phi) is 33.9. The summed E-state index contributed by atoms with van der Waals surface area (Å²) in [6.07, 6.45) is 38.7. The summed E-state index contributed by atoms with van der Waals surface area (Å²) < 4.78 is 17.1. The Morgan fingerprint density at radius 3 is 1.60 bits per heavy atom. The van der Waals surface area contributed by atoms with Crippen molar-refractivity contribution < 1.29 is 38.2 Å². The molecule has 0 aromatic carbocycles. The molecule has 0 heterocycles. The normalized spacial score (nSPS) is 13.3. The number of allylic oxidation sites excluding steroid dienone is 6. The Bertz CT molecular complexity index is 953. The number of carbonyl (C=O) groups excluding carboxylic acids is 3. The summed E-state index contributed by atoms with van der Waals surface area (Å²) in [5.41, 5.74) is 0. The first kappa shape index (κ1) is 49.6. The van der Waals surface area contributed by atoms with Crippen LogP contribution in [0.1, 0.15) is 174 Å². The van der Waals surface area contributed by atoms with Crippen molar-refractivity contribution in [1.82, 2.24) is 0 Å². The van der Waals surface area contributed by atoms with Crippen LogP contribution < -0.4 is 5.11 Å². The Labute approximate surface area is 319 Å². The fraction of sp³-hybridized carbons (Fsp3) is 0.795. The van der Waals surface area contributed by atoms with Crippen LogP contribution in [-0.4, -0.2) is 75.5 Å². The van der Waals surface area contributed by atoms with E-state index in [4.69, 9.17) is 14.2 Å². The summed E-state index contributed by atoms with van der Waals surface area (Å²) in [6.45, 7) is 4.53. The second-order valence-corrected chi connectivity index (χ2v) is 15.2. The van der Waals surface area contributed by atoms with Crippen molar-refractivity contribution in [2.24, 2.45) is 0 Å². The van der Waals surface area contributed by atoms with Crippen LogP contribution in [0.15, 0.2) is 36.5 Å². The molecule has 0 aromatic rings. The zero-order chi connectivity index (χ0) is 38.5. The highest BCUT2D eigenvalue weighted by molar-refractivity contribution is 5.70. The number of hydrogen-bond acceptors (Lipinski definition) is 7. The molecule has 52 heavy (non-hydrogen) atoms. The van der Waals surface area contributed by atoms with Crippen LogP contribution in [0.2, 0.25) is 0 Å². The average Bonchev–Trinajstić information content (AvgIpc) is 3.09. The van der Waals surface area contributed by atoms with E-state index in [-0.39, 0.29) is 42.7 Å². The molecule has 0 rings (SSSR count). The highest BCUT2D eigenvalue weighted by Gasteiger charge is 2.25. The molecule has 0 aliphatic carbocycles. The smallest absolute Gasteiger partial charge is 0.306 e. The fourth-order valence-corrected chi connectivity index (χ4v) is 6.03. The Morgan fingerprint density at radius 2 is 1.08 bits per heavy atom. The van der Waals surface area contributed by atoms with Gasteiger partial charge in [0.15, 0.2) is 6.10 Å². The van der Waals surface area contributed by atoms with Gasteiger partial charge in [0.25, 0.3) is 0 Å². The van der Waals surface area contributed by atoms with Crippen LogP contribution in [0.3, 0.4) is 0 Å². The van der Waals surface area contributed by atoms with Gasteiger partial charge in [-0.25, -0.2) is 0 Å². The Hall–Kier alpha value is -2.45. The Morgan fingerprint density at radius 1 is 0.596 bits per heavy atom. The molecular formula is C44H79NO7. The monoisotopic (exact) mass is 734 g/mol. The molecule has 0 spiro atoms. The molecule has 8 nitrogen and oxygen atoms in total. The number of esters is 2. The number of carboxylic acid groups (broad SMARTS) is 1. The first-order valence-corrected chi connectivity index (χ1v) is 21.0. The van der Waals surface area contributed by atoms with Crippen molar-refractivity contribution in [3.8, 4) is 0 Å². The fourth-order valence-electron chi connectivity index (χ4n) is 6.03. The van der Waals surface area contributed by atoms with Gasteiger partial charge in [0, 0.05) is 19.3 Å². The average molecular weight is 734 g/mol. The molecule has 8 heteroatoms. The number of unbranched alkanes of at least 4 members (excludes halogenated alkanes) is 17. The van der Waals surface area contributed by atoms with Gasteiger partial charge in [0.2, 0.25) is 0 Å². The molecule has 0 bridgehead atoms. The van der Waals surface area contributed by atoms with Crippen molar-refractivity contribution >= 4 is 17.9 Å². The molecule has 2 atom stereocenters. The van der Waals surface area contributed by atoms with E-state index in [0.717, 1.165) is 70.6 Å². The van der Waals surface area contributed by atoms with Crippen LogP contribution >= 0.6 is 0 Å². The molecule has 0 aliphatic rings. The molecule has 0 saturated carbocycles. The first-order chi connectivity index (χ1) is 25.1. The van der Waals surface area contributed by atoms with E-state index < -0.39 is 18.1 Å². The molecule has 2 unspecified atom stereocenters. The summed E-state index contributed by atoms with van der Waals surface area (Å²) in [5, 5.41) is 11.6. The number of hydrogen-bond donors (Lipinski definition) is 0. The molecule has 0 N–H and O–H groups in total. The lowest BCUT2D eigenvalue weighted by molar-refractivity contribution is -0.889. The van der Waals surface area contributed by atoms with E-state index in [9.17, 15) is 19.5 Å². The zero-order valence-electron chi connectivity index (χ0n) is 34.2. The van der Waals surface area contributed by atoms with Crippen LogP contribution in [0, 0.1) is 0 Å². The van der Waals surface area contributed by atoms with Gasteiger partial charge in [0.05, 0.1) is 40.3 Å². The lowest BCUT2D eigenvalue weighted by atomic mass is 10.0. The maximum absolute atomic E-state index is 12.7. The predicted molar refractivity (Wildman–Crippen MR) is 213 cm³/mol. The number of aliphatic carboxylic acids is 1. The molecule has 0 aromatic heterocycles. The second kappa shape index (κ2) is 35.6. The number of rotatable bonds is 37. The van der Waals surface area contributed by atoms with E-state index in [0.29, 0.717) is 12.8 Å². The molecule has 0 saturated heterocycles. The van der Waals surface area contributed by atoms with Gasteiger partial charge in [-0.15, -0.1) is 0 Å². The van der Waals surface area contributed by atoms with Crippen molar-refractivity contribution in [2.75, 3.05) is 41.0 Å². The standard InChI is InChI=1S/C44H79NO7/c1-6-8-10-12-14-16-18-20-21-22-23-25-27-29-31-33-35-43(47)52-40(38-50-37-36-41(44(48)49)45(3,4)5)39-51-42(46)34-32-30-28-26-24-19-17-15-13-11-9-7-2/h8,10,14,16,20-21,40-41H,6-7,9,11-13,15,17-19,22-39H2,1-5H3/b10-8+,16-14+,21-20+. The molecule has 302 valence electrons. The van der Waals surface area contributed by atoms with Crippen molar-refractivity contribution in [3.63, 3.8) is 0 Å². The third-order valence-corrected chi connectivity index (χ3v) is 9.29. The number of ether oxygens (including phenoxy) is 3. The molecule has 0 fully saturated rings. The van der Waals surface area contributed by atoms with Gasteiger partial charge in [-0.2, -0.15) is 0 Å². The maximum atomic E-state index is 12.7. The highest BCUT2D eigenvalue weighted by atomic mass is 16.6. The molecule has 0 aliphatic heterocycles. The molecular weight excluding hydrogens is 654 g/mol. The van der Waals surface area contributed by atoms with Crippen molar-refractivity contribution in [2.45, 2.75) is 187 Å². The van der Waals surface area contributed by atoms with Gasteiger partial charge in [-0.3, -0.25) is 9.59 Å². The second-order valence-electron chi connectivity index (χ2n) is 15.2. The minimum absolute atomic E-state index is 0.0373. The number of likely N-dealkylation sites (N-methyl/N-ethyl adjacent to an activating group) is 1. The number of nitrogens with zero attached hydrogens (tertiary/aromatic N) is 1. The quantitative estimate of drug-likeness (QED) is 0.0271. The number of carbonyl (C=O) groups is 3. The largest absolute Gasteiger partial charge is 0.544 e. The highest BCUT2D eigenvalue weighted by Crippen LogP contribution is 2.14. The van der Waals surface area contributed by atoms with E-state index in [1.807, 2.05) is 0 Å². The van der Waals surface area contributed by atoms with Crippen LogP contribution in [0.25, 0.3) is 0 Å². The minimum Gasteiger partial charge on any atom is -0.544 e. The topological polar surface area (TPSA) is 102 Å². The van der Waals surface area contributed by atoms with Crippen LogP contribution in [-0.2, 0) is 28.6 Å². The van der Waals surface area contributed by atoms with E-state index in [1.54, 1.807) is 21.1 Å². The van der Waals surface area contributed by atoms with Crippen molar-refractivity contribution in [3.05, 3.63) is 36.5 Å². The van der Waals surface area contributed by atoms with E-state index in [1.165, 1.54) is 70.6 Å². The summed E-state index contributed by atoms with van der Waals surface area (Å²) in [6, 6.07) is -0.726. The third-order valence-electron chi connectivity index (χ3n) is 9.29. The third kappa shape index (κ3) is 33.4. The summed E-state index contributed by atoms with van der Waals surface area (Å²) in [7, 11) is 5.40. The van der Waals surface area contributed by atoms with Gasteiger partial charge in [-0.05, 0) is 44.9 Å². The van der Waals surface area contributed by atoms with E-state index in [2.05, 4.69) is 50.3 Å². The number of carboxylic acids is 1. The summed E-state index contributed by atoms with van der Waals surface area (Å²) in [4.78, 5) is 36.8. The van der Waals surface area contributed by atoms with Gasteiger partial charge < -0.3 is 28.6 Å². The van der Waals surface area contributed by atoms with Gasteiger partial charge in [-0.1, -0.05) is 147 Å². The molecule has 0 amide bonds. The molecule has 0 radical (unpaired) electrons. The van der Waals surface area contributed by atoms with Crippen LogP contribution in [0.4, 0.5) is 0 Å². The summed E-state index contributed by atoms with van der Waals surface area (Å²) >= 11 is 0. The lowest BCUT2D eigenvalue weighted by Gasteiger charge is -2.34. The van der Waals surface area contributed by atoms with E-state index >= 15 is 0 Å². The predicted octanol–water partition coefficient (Wildman–Crippen LogP) is 9.74. The SMILES string of the molecule is CC/C=C/C/C=C/C/C=C/CCCCCCCCC(=O)OC(COCCC(C(=O)[O-])[N+](C)(C)C)COC(=O)CCCCCCCCCCCCCC. The van der Waals surface area contributed by atoms with Gasteiger partial charge in [0.1, 0.15) is 12.6 Å². The number of quaternary nitrogens is 1. The minimum atomic E-state index is -1.13. The van der Waals surface area contributed by atoms with Crippen molar-refractivity contribution in [1.29, 1.82) is 0 Å². The zero-order valence-corrected chi connectivity index (χ0v) is 34.2. The van der Waals surface area contributed by atoms with Crippen LogP contribution in [0.5, 0.6) is 0 Å². The first-order valence-electron chi connectivity index (χ1n) is 21.0. The maximum Gasteiger partial charge on any atom is 0.306 e. The lowest BCUT2D eigenvalue weighted by Crippen LogP contribution is -2.55. The van der Waals surface area contributed by atoms with Gasteiger partial charge >= 0.3 is 11.9 Å². The summed E-state index contributed by atoms with van der Waals surface area (Å²) in [5.74, 6) is -1.75.